The Bertz CT molecular complexity index is 490. The Morgan fingerprint density at radius 3 is 2.62 bits per heavy atom. The molecule has 1 aliphatic rings. The number of amides is 1. The van der Waals surface area contributed by atoms with E-state index in [0.717, 1.165) is 6.42 Å². The van der Waals surface area contributed by atoms with Crippen molar-refractivity contribution in [3.8, 4) is 5.75 Å². The highest BCUT2D eigenvalue weighted by atomic mass is 16.5. The minimum Gasteiger partial charge on any atom is -0.425 e. The Balaban J connectivity index is 1.77. The van der Waals surface area contributed by atoms with E-state index in [2.05, 4.69) is 19.2 Å². The van der Waals surface area contributed by atoms with E-state index in [0.29, 0.717) is 24.7 Å². The number of ether oxygens (including phenoxy) is 2. The first-order chi connectivity index (χ1) is 10.1. The Hall–Kier alpha value is -1.88. The van der Waals surface area contributed by atoms with Crippen molar-refractivity contribution in [3.05, 3.63) is 29.8 Å². The SMILES string of the molecule is CC(C)c1ccc(OC(=O)CNC(=O)C2CCCO2)cc1. The largest absolute Gasteiger partial charge is 0.425 e. The minimum atomic E-state index is -0.487. The van der Waals surface area contributed by atoms with E-state index in [4.69, 9.17) is 9.47 Å². The lowest BCUT2D eigenvalue weighted by Gasteiger charge is -2.10. The molecule has 1 saturated heterocycles. The molecule has 114 valence electrons. The zero-order valence-corrected chi connectivity index (χ0v) is 12.4. The van der Waals surface area contributed by atoms with Crippen LogP contribution in [0.25, 0.3) is 0 Å². The van der Waals surface area contributed by atoms with Crippen molar-refractivity contribution in [3.63, 3.8) is 0 Å². The summed E-state index contributed by atoms with van der Waals surface area (Å²) in [4.78, 5) is 23.4. The number of hydrogen-bond donors (Lipinski definition) is 1. The number of carbonyl (C=O) groups excluding carboxylic acids is 2. The normalized spacial score (nSPS) is 17.8. The molecule has 1 unspecified atom stereocenters. The van der Waals surface area contributed by atoms with Gasteiger partial charge in [0.2, 0.25) is 5.91 Å². The molecule has 1 heterocycles. The van der Waals surface area contributed by atoms with Crippen LogP contribution in [0.5, 0.6) is 5.75 Å². The van der Waals surface area contributed by atoms with Crippen LogP contribution in [0.15, 0.2) is 24.3 Å². The zero-order valence-electron chi connectivity index (χ0n) is 12.4. The van der Waals surface area contributed by atoms with Crippen molar-refractivity contribution in [2.45, 2.75) is 38.7 Å². The topological polar surface area (TPSA) is 64.6 Å². The zero-order chi connectivity index (χ0) is 15.2. The van der Waals surface area contributed by atoms with Gasteiger partial charge in [0.1, 0.15) is 18.4 Å². The molecule has 0 bridgehead atoms. The van der Waals surface area contributed by atoms with Crippen molar-refractivity contribution in [2.24, 2.45) is 0 Å². The first kappa shape index (κ1) is 15.5. The number of nitrogens with one attached hydrogen (secondary N) is 1. The summed E-state index contributed by atoms with van der Waals surface area (Å²) in [6.45, 7) is 4.65. The molecule has 21 heavy (non-hydrogen) atoms. The van der Waals surface area contributed by atoms with E-state index in [9.17, 15) is 9.59 Å². The van der Waals surface area contributed by atoms with Crippen LogP contribution >= 0.6 is 0 Å². The van der Waals surface area contributed by atoms with Gasteiger partial charge in [-0.25, -0.2) is 4.79 Å². The molecule has 1 fully saturated rings. The third-order valence-corrected chi connectivity index (χ3v) is 3.41. The standard InChI is InChI=1S/C16H21NO4/c1-11(2)12-5-7-13(8-6-12)21-15(18)10-17-16(19)14-4-3-9-20-14/h5-8,11,14H,3-4,9-10H2,1-2H3,(H,17,19). The van der Waals surface area contributed by atoms with Crippen LogP contribution in [0.4, 0.5) is 0 Å². The van der Waals surface area contributed by atoms with E-state index in [-0.39, 0.29) is 12.5 Å². The highest BCUT2D eigenvalue weighted by Crippen LogP contribution is 2.18. The van der Waals surface area contributed by atoms with E-state index in [1.165, 1.54) is 5.56 Å². The summed E-state index contributed by atoms with van der Waals surface area (Å²) in [5.74, 6) is 0.175. The number of rotatable bonds is 5. The maximum Gasteiger partial charge on any atom is 0.330 e. The second-order valence-corrected chi connectivity index (χ2v) is 5.42. The van der Waals surface area contributed by atoms with Crippen LogP contribution < -0.4 is 10.1 Å². The molecule has 1 aromatic carbocycles. The molecular formula is C16H21NO4. The summed E-state index contributed by atoms with van der Waals surface area (Å²) in [5, 5.41) is 2.54. The summed E-state index contributed by atoms with van der Waals surface area (Å²) in [7, 11) is 0. The molecule has 1 aromatic rings. The molecule has 5 heteroatoms. The van der Waals surface area contributed by atoms with E-state index < -0.39 is 12.1 Å². The predicted molar refractivity (Wildman–Crippen MR) is 78.1 cm³/mol. The fourth-order valence-electron chi connectivity index (χ4n) is 2.15. The average Bonchev–Trinajstić information content (AvgIpc) is 2.99. The number of benzene rings is 1. The fourth-order valence-corrected chi connectivity index (χ4v) is 2.15. The molecule has 1 atom stereocenters. The van der Waals surface area contributed by atoms with Crippen LogP contribution in [-0.2, 0) is 14.3 Å². The number of carbonyl (C=O) groups is 2. The van der Waals surface area contributed by atoms with Gasteiger partial charge in [-0.05, 0) is 36.5 Å². The van der Waals surface area contributed by atoms with Gasteiger partial charge in [0.15, 0.2) is 0 Å². The average molecular weight is 291 g/mol. The van der Waals surface area contributed by atoms with Gasteiger partial charge in [0, 0.05) is 6.61 Å². The summed E-state index contributed by atoms with van der Waals surface area (Å²) < 4.78 is 10.4. The molecule has 1 amide bonds. The van der Waals surface area contributed by atoms with Gasteiger partial charge in [-0.3, -0.25) is 4.79 Å². The highest BCUT2D eigenvalue weighted by Gasteiger charge is 2.23. The predicted octanol–water partition coefficient (Wildman–Crippen LogP) is 2.01. The molecule has 1 aliphatic heterocycles. The maximum absolute atomic E-state index is 11.7. The first-order valence-electron chi connectivity index (χ1n) is 7.26. The van der Waals surface area contributed by atoms with E-state index >= 15 is 0 Å². The van der Waals surface area contributed by atoms with Crippen LogP contribution in [-0.4, -0.2) is 31.1 Å². The minimum absolute atomic E-state index is 0.148. The van der Waals surface area contributed by atoms with Crippen molar-refractivity contribution >= 4 is 11.9 Å². The lowest BCUT2D eigenvalue weighted by Crippen LogP contribution is -2.38. The van der Waals surface area contributed by atoms with Crippen molar-refractivity contribution < 1.29 is 19.1 Å². The molecule has 5 nitrogen and oxygen atoms in total. The Morgan fingerprint density at radius 1 is 1.33 bits per heavy atom. The lowest BCUT2D eigenvalue weighted by atomic mass is 10.0. The second kappa shape index (κ2) is 7.22. The number of esters is 1. The van der Waals surface area contributed by atoms with Gasteiger partial charge in [-0.15, -0.1) is 0 Å². The number of hydrogen-bond acceptors (Lipinski definition) is 4. The van der Waals surface area contributed by atoms with Gasteiger partial charge < -0.3 is 14.8 Å². The molecule has 0 aromatic heterocycles. The summed E-state index contributed by atoms with van der Waals surface area (Å²) >= 11 is 0. The van der Waals surface area contributed by atoms with Crippen LogP contribution in [0.3, 0.4) is 0 Å². The molecule has 0 spiro atoms. The highest BCUT2D eigenvalue weighted by molar-refractivity contribution is 5.85. The fraction of sp³-hybridized carbons (Fsp3) is 0.500. The van der Waals surface area contributed by atoms with Crippen molar-refractivity contribution in [1.82, 2.24) is 5.32 Å². The lowest BCUT2D eigenvalue weighted by molar-refractivity contribution is -0.137. The Morgan fingerprint density at radius 2 is 2.05 bits per heavy atom. The van der Waals surface area contributed by atoms with Crippen LogP contribution in [0.1, 0.15) is 38.2 Å². The third-order valence-electron chi connectivity index (χ3n) is 3.41. The van der Waals surface area contributed by atoms with Gasteiger partial charge in [-0.1, -0.05) is 26.0 Å². The monoisotopic (exact) mass is 291 g/mol. The van der Waals surface area contributed by atoms with E-state index in [1.807, 2.05) is 12.1 Å². The molecular weight excluding hydrogens is 270 g/mol. The molecule has 0 aliphatic carbocycles. The van der Waals surface area contributed by atoms with Crippen molar-refractivity contribution in [2.75, 3.05) is 13.2 Å². The molecule has 0 radical (unpaired) electrons. The van der Waals surface area contributed by atoms with Crippen LogP contribution in [0, 0.1) is 0 Å². The molecule has 2 rings (SSSR count). The Kier molecular flexibility index (Phi) is 5.33. The van der Waals surface area contributed by atoms with Gasteiger partial charge in [-0.2, -0.15) is 0 Å². The van der Waals surface area contributed by atoms with Gasteiger partial charge in [0.25, 0.3) is 0 Å². The van der Waals surface area contributed by atoms with E-state index in [1.54, 1.807) is 12.1 Å². The summed E-state index contributed by atoms with van der Waals surface area (Å²) in [6.07, 6.45) is 1.16. The third kappa shape index (κ3) is 4.56. The van der Waals surface area contributed by atoms with Gasteiger partial charge >= 0.3 is 5.97 Å². The summed E-state index contributed by atoms with van der Waals surface area (Å²) in [6, 6.07) is 7.38. The van der Waals surface area contributed by atoms with Crippen LogP contribution in [0.2, 0.25) is 0 Å². The second-order valence-electron chi connectivity index (χ2n) is 5.42. The van der Waals surface area contributed by atoms with Crippen molar-refractivity contribution in [1.29, 1.82) is 0 Å². The smallest absolute Gasteiger partial charge is 0.330 e. The Labute approximate surface area is 124 Å². The molecule has 1 N–H and O–H groups in total. The first-order valence-corrected chi connectivity index (χ1v) is 7.26. The summed E-state index contributed by atoms with van der Waals surface area (Å²) in [5.41, 5.74) is 1.18. The van der Waals surface area contributed by atoms with Gasteiger partial charge in [0.05, 0.1) is 0 Å². The quantitative estimate of drug-likeness (QED) is 0.666. The maximum atomic E-state index is 11.7. The molecule has 0 saturated carbocycles.